The fraction of sp³-hybridized carbons (Fsp3) is 0.182. The molecule has 0 bridgehead atoms. The van der Waals surface area contributed by atoms with Crippen molar-refractivity contribution < 1.29 is 0 Å². The lowest BCUT2D eigenvalue weighted by Gasteiger charge is -2.03. The highest BCUT2D eigenvalue weighted by molar-refractivity contribution is 5.64. The topological polar surface area (TPSA) is 49.8 Å². The molecule has 0 radical (unpaired) electrons. The zero-order chi connectivity index (χ0) is 9.68. The molecule has 0 aromatic heterocycles. The van der Waals surface area contributed by atoms with E-state index >= 15 is 0 Å². The molecule has 1 rings (SSSR count). The van der Waals surface area contributed by atoms with Gasteiger partial charge in [-0.25, -0.2) is 0 Å². The van der Waals surface area contributed by atoms with E-state index in [0.717, 1.165) is 23.2 Å². The number of hydrogen-bond donors (Lipinski definition) is 1. The van der Waals surface area contributed by atoms with Crippen molar-refractivity contribution in [1.82, 2.24) is 0 Å². The molecule has 1 aromatic rings. The predicted molar refractivity (Wildman–Crippen MR) is 54.7 cm³/mol. The summed E-state index contributed by atoms with van der Waals surface area (Å²) in [6, 6.07) is 9.63. The number of nitrogens with zero attached hydrogens (tertiary/aromatic N) is 1. The van der Waals surface area contributed by atoms with Crippen molar-refractivity contribution in [3.8, 4) is 6.07 Å². The summed E-state index contributed by atoms with van der Waals surface area (Å²) in [6.45, 7) is 3.90. The molecule has 0 amide bonds. The Bertz CT molecular complexity index is 330. The van der Waals surface area contributed by atoms with Crippen LogP contribution in [0.1, 0.15) is 18.4 Å². The number of nitrogens with two attached hydrogens (primary N) is 1. The molecule has 66 valence electrons. The summed E-state index contributed by atoms with van der Waals surface area (Å²) >= 11 is 0. The lowest BCUT2D eigenvalue weighted by molar-refractivity contribution is 1.08. The Morgan fingerprint density at radius 1 is 1.38 bits per heavy atom. The Hall–Kier alpha value is -1.75. The Morgan fingerprint density at radius 3 is 2.54 bits per heavy atom. The van der Waals surface area contributed by atoms with E-state index in [1.165, 1.54) is 0 Å². The molecule has 0 heterocycles. The SMILES string of the molecule is C=C(CCC#N)c1ccc(N)cc1. The number of nitriles is 1. The van der Waals surface area contributed by atoms with Crippen LogP contribution in [0.3, 0.4) is 0 Å². The van der Waals surface area contributed by atoms with E-state index in [2.05, 4.69) is 12.6 Å². The second kappa shape index (κ2) is 4.32. The smallest absolute Gasteiger partial charge is 0.0625 e. The lowest BCUT2D eigenvalue weighted by atomic mass is 10.0. The van der Waals surface area contributed by atoms with Crippen molar-refractivity contribution in [2.75, 3.05) is 5.73 Å². The van der Waals surface area contributed by atoms with E-state index in [9.17, 15) is 0 Å². The Kier molecular flexibility index (Phi) is 3.10. The third-order valence-corrected chi connectivity index (χ3v) is 1.86. The first-order valence-corrected chi connectivity index (χ1v) is 4.14. The van der Waals surface area contributed by atoms with Crippen molar-refractivity contribution >= 4 is 11.3 Å². The van der Waals surface area contributed by atoms with Crippen LogP contribution in [-0.4, -0.2) is 0 Å². The maximum Gasteiger partial charge on any atom is 0.0625 e. The van der Waals surface area contributed by atoms with Crippen molar-refractivity contribution in [2.24, 2.45) is 0 Å². The molecule has 2 heteroatoms. The molecule has 2 N–H and O–H groups in total. The van der Waals surface area contributed by atoms with Crippen molar-refractivity contribution in [1.29, 1.82) is 5.26 Å². The highest BCUT2D eigenvalue weighted by Crippen LogP contribution is 2.18. The first-order valence-electron chi connectivity index (χ1n) is 4.14. The molecule has 1 aromatic carbocycles. The molecular formula is C11H12N2. The Labute approximate surface area is 78.3 Å². The van der Waals surface area contributed by atoms with Crippen LogP contribution >= 0.6 is 0 Å². The molecule has 0 spiro atoms. The van der Waals surface area contributed by atoms with E-state index < -0.39 is 0 Å². The van der Waals surface area contributed by atoms with Crippen LogP contribution in [0.4, 0.5) is 5.69 Å². The van der Waals surface area contributed by atoms with Crippen LogP contribution in [0, 0.1) is 11.3 Å². The number of hydrogen-bond acceptors (Lipinski definition) is 2. The summed E-state index contributed by atoms with van der Waals surface area (Å²) in [5, 5.41) is 8.40. The average Bonchev–Trinajstić information content (AvgIpc) is 2.15. The van der Waals surface area contributed by atoms with Gasteiger partial charge >= 0.3 is 0 Å². The van der Waals surface area contributed by atoms with Crippen LogP contribution in [0.5, 0.6) is 0 Å². The van der Waals surface area contributed by atoms with Gasteiger partial charge in [-0.15, -0.1) is 0 Å². The molecular weight excluding hydrogens is 160 g/mol. The maximum atomic E-state index is 8.40. The van der Waals surface area contributed by atoms with Gasteiger partial charge in [0.25, 0.3) is 0 Å². The number of nitrogen functional groups attached to an aromatic ring is 1. The second-order valence-electron chi connectivity index (χ2n) is 2.88. The fourth-order valence-corrected chi connectivity index (χ4v) is 1.07. The van der Waals surface area contributed by atoms with Crippen LogP contribution in [0.25, 0.3) is 5.57 Å². The lowest BCUT2D eigenvalue weighted by Crippen LogP contribution is -1.86. The monoisotopic (exact) mass is 172 g/mol. The van der Waals surface area contributed by atoms with E-state index in [0.29, 0.717) is 6.42 Å². The molecule has 0 aliphatic rings. The highest BCUT2D eigenvalue weighted by atomic mass is 14.5. The van der Waals surface area contributed by atoms with Crippen molar-refractivity contribution in [2.45, 2.75) is 12.8 Å². The van der Waals surface area contributed by atoms with Gasteiger partial charge in [-0.05, 0) is 29.7 Å². The number of anilines is 1. The van der Waals surface area contributed by atoms with Gasteiger partial charge in [0.05, 0.1) is 6.07 Å². The first-order chi connectivity index (χ1) is 6.24. The summed E-state index contributed by atoms with van der Waals surface area (Å²) in [5.41, 5.74) is 8.34. The van der Waals surface area contributed by atoms with Gasteiger partial charge in [0.15, 0.2) is 0 Å². The van der Waals surface area contributed by atoms with E-state index in [1.54, 1.807) is 0 Å². The zero-order valence-corrected chi connectivity index (χ0v) is 7.46. The van der Waals surface area contributed by atoms with Crippen LogP contribution in [0.2, 0.25) is 0 Å². The van der Waals surface area contributed by atoms with Gasteiger partial charge in [-0.3, -0.25) is 0 Å². The average molecular weight is 172 g/mol. The molecule has 13 heavy (non-hydrogen) atoms. The number of rotatable bonds is 3. The number of benzene rings is 1. The zero-order valence-electron chi connectivity index (χ0n) is 7.46. The van der Waals surface area contributed by atoms with Gasteiger partial charge in [-0.2, -0.15) is 5.26 Å². The molecule has 0 fully saturated rings. The Morgan fingerprint density at radius 2 is 2.00 bits per heavy atom. The molecule has 0 saturated heterocycles. The molecule has 0 aliphatic heterocycles. The predicted octanol–water partition coefficient (Wildman–Crippen LogP) is 2.59. The molecule has 0 atom stereocenters. The molecule has 0 aliphatic carbocycles. The summed E-state index contributed by atoms with van der Waals surface area (Å²) in [7, 11) is 0. The molecule has 0 unspecified atom stereocenters. The second-order valence-corrected chi connectivity index (χ2v) is 2.88. The highest BCUT2D eigenvalue weighted by Gasteiger charge is 1.97. The third-order valence-electron chi connectivity index (χ3n) is 1.86. The Balaban J connectivity index is 2.68. The van der Waals surface area contributed by atoms with Crippen molar-refractivity contribution in [3.63, 3.8) is 0 Å². The van der Waals surface area contributed by atoms with E-state index in [-0.39, 0.29) is 0 Å². The fourth-order valence-electron chi connectivity index (χ4n) is 1.07. The maximum absolute atomic E-state index is 8.40. The quantitative estimate of drug-likeness (QED) is 0.712. The van der Waals surface area contributed by atoms with Crippen LogP contribution in [0.15, 0.2) is 30.8 Å². The van der Waals surface area contributed by atoms with Gasteiger partial charge < -0.3 is 5.73 Å². The number of allylic oxidation sites excluding steroid dienone is 1. The van der Waals surface area contributed by atoms with E-state index in [4.69, 9.17) is 11.0 Å². The molecule has 0 saturated carbocycles. The normalized spacial score (nSPS) is 9.15. The minimum Gasteiger partial charge on any atom is -0.399 e. The summed E-state index contributed by atoms with van der Waals surface area (Å²) in [5.74, 6) is 0. The van der Waals surface area contributed by atoms with Gasteiger partial charge in [0.1, 0.15) is 0 Å². The minimum absolute atomic E-state index is 0.517. The third kappa shape index (κ3) is 2.64. The summed E-state index contributed by atoms with van der Waals surface area (Å²) in [6.07, 6.45) is 1.24. The van der Waals surface area contributed by atoms with Gasteiger partial charge in [0.2, 0.25) is 0 Å². The first kappa shape index (κ1) is 9.34. The van der Waals surface area contributed by atoms with Gasteiger partial charge in [-0.1, -0.05) is 18.7 Å². The standard InChI is InChI=1S/C11H12N2/c1-9(3-2-8-12)10-4-6-11(13)7-5-10/h4-7H,1-3,13H2. The van der Waals surface area contributed by atoms with Crippen molar-refractivity contribution in [3.05, 3.63) is 36.4 Å². The van der Waals surface area contributed by atoms with E-state index in [1.807, 2.05) is 24.3 Å². The largest absolute Gasteiger partial charge is 0.399 e. The summed E-state index contributed by atoms with van der Waals surface area (Å²) < 4.78 is 0. The van der Waals surface area contributed by atoms with Gasteiger partial charge in [0, 0.05) is 12.1 Å². The molecule has 2 nitrogen and oxygen atoms in total. The van der Waals surface area contributed by atoms with Crippen LogP contribution in [-0.2, 0) is 0 Å². The summed E-state index contributed by atoms with van der Waals surface area (Å²) in [4.78, 5) is 0. The minimum atomic E-state index is 0.517. The van der Waals surface area contributed by atoms with Crippen LogP contribution < -0.4 is 5.73 Å².